The molecule has 0 radical (unpaired) electrons. The Morgan fingerprint density at radius 2 is 1.88 bits per heavy atom. The van der Waals surface area contributed by atoms with Crippen molar-refractivity contribution in [2.24, 2.45) is 7.05 Å². The summed E-state index contributed by atoms with van der Waals surface area (Å²) in [6.45, 7) is 1.29. The Hall–Kier alpha value is -3.04. The van der Waals surface area contributed by atoms with E-state index >= 15 is 0 Å². The Bertz CT molecular complexity index is 1220. The van der Waals surface area contributed by atoms with Gasteiger partial charge < -0.3 is 9.47 Å². The lowest BCUT2D eigenvalue weighted by molar-refractivity contribution is -0.118. The molecule has 4 rings (SSSR count). The van der Waals surface area contributed by atoms with Gasteiger partial charge in [0.25, 0.3) is 5.91 Å². The summed E-state index contributed by atoms with van der Waals surface area (Å²) in [5, 5.41) is 15.0. The molecule has 0 bridgehead atoms. The highest BCUT2D eigenvalue weighted by Gasteiger charge is 2.32. The first-order valence-corrected chi connectivity index (χ1v) is 11.0. The number of H-pyrrole nitrogens is 1. The third-order valence-corrected chi connectivity index (χ3v) is 6.64. The number of aromatic nitrogens is 4. The van der Waals surface area contributed by atoms with Crippen LogP contribution in [0.5, 0.6) is 11.5 Å². The smallest absolute Gasteiger partial charge is 0.261 e. The maximum atomic E-state index is 12.5. The van der Waals surface area contributed by atoms with E-state index in [1.54, 1.807) is 32.0 Å². The number of aromatic amines is 1. The number of halogens is 2. The van der Waals surface area contributed by atoms with Crippen LogP contribution < -0.4 is 14.8 Å². The molecule has 3 aromatic rings. The van der Waals surface area contributed by atoms with Crippen LogP contribution in [0.25, 0.3) is 11.4 Å². The highest BCUT2D eigenvalue weighted by atomic mass is 35.5. The Labute approximate surface area is 200 Å². The van der Waals surface area contributed by atoms with Crippen molar-refractivity contribution in [3.05, 3.63) is 44.7 Å². The van der Waals surface area contributed by atoms with E-state index in [4.69, 9.17) is 32.7 Å². The van der Waals surface area contributed by atoms with Crippen LogP contribution in [0.4, 0.5) is 0 Å². The van der Waals surface area contributed by atoms with Gasteiger partial charge in [0, 0.05) is 36.9 Å². The van der Waals surface area contributed by atoms with E-state index in [2.05, 4.69) is 20.6 Å². The lowest BCUT2D eigenvalue weighted by Crippen LogP contribution is -2.28. The van der Waals surface area contributed by atoms with Crippen molar-refractivity contribution in [3.63, 3.8) is 0 Å². The van der Waals surface area contributed by atoms with Gasteiger partial charge in [-0.25, -0.2) is 0 Å². The van der Waals surface area contributed by atoms with Gasteiger partial charge in [0.05, 0.1) is 36.0 Å². The molecule has 2 heterocycles. The molecule has 1 atom stereocenters. The first-order valence-electron chi connectivity index (χ1n) is 10.3. The van der Waals surface area contributed by atoms with Gasteiger partial charge >= 0.3 is 0 Å². The summed E-state index contributed by atoms with van der Waals surface area (Å²) >= 11 is 13.3. The molecule has 0 saturated heterocycles. The maximum absolute atomic E-state index is 12.5. The summed E-state index contributed by atoms with van der Waals surface area (Å²) in [5.41, 5.74) is 4.16. The first-order chi connectivity index (χ1) is 15.8. The largest absolute Gasteiger partial charge is 0.495 e. The topological polar surface area (TPSA) is 111 Å². The van der Waals surface area contributed by atoms with Crippen LogP contribution in [0.3, 0.4) is 0 Å². The molecule has 0 spiro atoms. The van der Waals surface area contributed by atoms with Gasteiger partial charge in [-0.05, 0) is 25.2 Å². The van der Waals surface area contributed by atoms with E-state index in [0.29, 0.717) is 45.8 Å². The number of nitrogens with zero attached hydrogens (tertiary/aromatic N) is 3. The van der Waals surface area contributed by atoms with Gasteiger partial charge in [-0.1, -0.05) is 23.2 Å². The molecule has 33 heavy (non-hydrogen) atoms. The molecule has 0 aliphatic heterocycles. The van der Waals surface area contributed by atoms with E-state index in [9.17, 15) is 9.59 Å². The number of ether oxygens (including phenoxy) is 2. The lowest BCUT2D eigenvalue weighted by Gasteiger charge is -2.26. The predicted molar refractivity (Wildman–Crippen MR) is 123 cm³/mol. The van der Waals surface area contributed by atoms with Crippen LogP contribution in [0.1, 0.15) is 46.4 Å². The summed E-state index contributed by atoms with van der Waals surface area (Å²) < 4.78 is 12.4. The highest BCUT2D eigenvalue weighted by Crippen LogP contribution is 2.47. The van der Waals surface area contributed by atoms with Crippen LogP contribution in [0.15, 0.2) is 12.3 Å². The Balaban J connectivity index is 1.71. The fourth-order valence-corrected chi connectivity index (χ4v) is 5.13. The molecule has 2 aromatic heterocycles. The van der Waals surface area contributed by atoms with Gasteiger partial charge in [0.1, 0.15) is 22.9 Å². The maximum Gasteiger partial charge on any atom is 0.261 e. The Morgan fingerprint density at radius 1 is 1.21 bits per heavy atom. The van der Waals surface area contributed by atoms with Crippen LogP contribution in [0.2, 0.25) is 10.0 Å². The van der Waals surface area contributed by atoms with E-state index in [-0.39, 0.29) is 11.5 Å². The molecule has 1 aliphatic carbocycles. The van der Waals surface area contributed by atoms with Crippen molar-refractivity contribution in [1.29, 1.82) is 0 Å². The Morgan fingerprint density at radius 3 is 2.48 bits per heavy atom. The number of aryl methyl sites for hydroxylation is 1. The molecular weight excluding hydrogens is 469 g/mol. The molecule has 0 fully saturated rings. The number of methoxy groups -OCH3 is 2. The number of hydrogen-bond acceptors (Lipinski definition) is 6. The lowest BCUT2D eigenvalue weighted by atomic mass is 9.81. The van der Waals surface area contributed by atoms with Gasteiger partial charge in [-0.3, -0.25) is 24.7 Å². The van der Waals surface area contributed by atoms with Crippen LogP contribution in [-0.4, -0.2) is 46.0 Å². The zero-order chi connectivity index (χ0) is 23.9. The van der Waals surface area contributed by atoms with E-state index in [1.807, 2.05) is 0 Å². The summed E-state index contributed by atoms with van der Waals surface area (Å²) in [6.07, 6.45) is 3.48. The number of rotatable bonds is 5. The van der Waals surface area contributed by atoms with E-state index in [0.717, 1.165) is 23.2 Å². The quantitative estimate of drug-likeness (QED) is 0.562. The molecule has 11 heteroatoms. The third-order valence-electron chi connectivity index (χ3n) is 5.86. The van der Waals surface area contributed by atoms with Gasteiger partial charge in [0.2, 0.25) is 5.91 Å². The van der Waals surface area contributed by atoms with Crippen molar-refractivity contribution in [2.45, 2.75) is 32.1 Å². The number of imide groups is 1. The molecule has 0 saturated carbocycles. The van der Waals surface area contributed by atoms with Crippen molar-refractivity contribution >= 4 is 35.0 Å². The average Bonchev–Trinajstić information content (AvgIpc) is 3.36. The van der Waals surface area contributed by atoms with Crippen LogP contribution in [0, 0.1) is 0 Å². The summed E-state index contributed by atoms with van der Waals surface area (Å²) in [7, 11) is 4.83. The second-order valence-electron chi connectivity index (χ2n) is 7.83. The van der Waals surface area contributed by atoms with Crippen molar-refractivity contribution < 1.29 is 19.1 Å². The number of fused-ring (bicyclic) bond motifs is 1. The second kappa shape index (κ2) is 9.07. The van der Waals surface area contributed by atoms with E-state index in [1.165, 1.54) is 13.1 Å². The average molecular weight is 492 g/mol. The van der Waals surface area contributed by atoms with Gasteiger partial charge in [0.15, 0.2) is 0 Å². The van der Waals surface area contributed by atoms with Crippen molar-refractivity contribution in [1.82, 2.24) is 25.3 Å². The first kappa shape index (κ1) is 23.1. The summed E-state index contributed by atoms with van der Waals surface area (Å²) in [5.74, 6) is 0.0594. The molecule has 1 unspecified atom stereocenters. The van der Waals surface area contributed by atoms with Crippen LogP contribution >= 0.6 is 23.2 Å². The molecular formula is C22H23Cl2N5O4. The minimum absolute atomic E-state index is 0.0156. The van der Waals surface area contributed by atoms with Crippen molar-refractivity contribution in [2.75, 3.05) is 14.2 Å². The Kier molecular flexibility index (Phi) is 6.36. The number of carbonyl (C=O) groups is 2. The monoisotopic (exact) mass is 491 g/mol. The standard InChI is InChI=1S/C22H23Cl2N5O4/c1-10(30)26-22(31)13-9-25-29(2)21(13)20-12-6-5-11(7-14(12)27-28-20)17-18(23)15(32-3)8-16(33-4)19(17)24/h8-9,11H,5-7H2,1-4H3,(H,27,28)(H,26,30,31). The van der Waals surface area contributed by atoms with Gasteiger partial charge in [-0.2, -0.15) is 10.2 Å². The predicted octanol–water partition coefficient (Wildman–Crippen LogP) is 3.68. The molecule has 1 aromatic carbocycles. The molecule has 1 aliphatic rings. The molecule has 9 nitrogen and oxygen atoms in total. The SMILES string of the molecule is COc1cc(OC)c(Cl)c(C2CCc3c(-c4c(C(=O)NC(C)=O)cnn4C)n[nH]c3C2)c1Cl. The zero-order valence-corrected chi connectivity index (χ0v) is 20.1. The molecule has 174 valence electrons. The minimum Gasteiger partial charge on any atom is -0.495 e. The molecule has 2 amide bonds. The second-order valence-corrected chi connectivity index (χ2v) is 8.59. The molecule has 2 N–H and O–H groups in total. The van der Waals surface area contributed by atoms with Crippen molar-refractivity contribution in [3.8, 4) is 22.9 Å². The fourth-order valence-electron chi connectivity index (χ4n) is 4.32. The number of amides is 2. The third kappa shape index (κ3) is 4.06. The fraction of sp³-hybridized carbons (Fsp3) is 0.364. The zero-order valence-electron chi connectivity index (χ0n) is 18.6. The number of carbonyl (C=O) groups excluding carboxylic acids is 2. The minimum atomic E-state index is -0.516. The van der Waals surface area contributed by atoms with Gasteiger partial charge in [-0.15, -0.1) is 0 Å². The highest BCUT2D eigenvalue weighted by molar-refractivity contribution is 6.38. The van der Waals surface area contributed by atoms with E-state index < -0.39 is 11.8 Å². The number of nitrogens with one attached hydrogen (secondary N) is 2. The summed E-state index contributed by atoms with van der Waals surface area (Å²) in [4.78, 5) is 23.9. The number of benzene rings is 1. The number of hydrogen-bond donors (Lipinski definition) is 2. The normalized spacial score (nSPS) is 15.2. The summed E-state index contributed by atoms with van der Waals surface area (Å²) in [6, 6.07) is 1.67. The van der Waals surface area contributed by atoms with Crippen LogP contribution in [-0.2, 0) is 24.7 Å².